The van der Waals surface area contributed by atoms with Crippen molar-refractivity contribution in [2.75, 3.05) is 19.4 Å². The van der Waals surface area contributed by atoms with Crippen LogP contribution in [0.2, 0.25) is 0 Å². The van der Waals surface area contributed by atoms with Gasteiger partial charge in [0.2, 0.25) is 0 Å². The number of hydrogen-bond donors (Lipinski definition) is 1. The molecule has 2 nitrogen and oxygen atoms in total. The predicted molar refractivity (Wildman–Crippen MR) is 82.3 cm³/mol. The molecule has 0 bridgehead atoms. The molecule has 1 N–H and O–H groups in total. The van der Waals surface area contributed by atoms with Gasteiger partial charge in [-0.3, -0.25) is 0 Å². The van der Waals surface area contributed by atoms with E-state index in [0.717, 1.165) is 17.8 Å². The van der Waals surface area contributed by atoms with Crippen molar-refractivity contribution in [3.63, 3.8) is 0 Å². The van der Waals surface area contributed by atoms with Crippen LogP contribution in [0, 0.1) is 12.7 Å². The summed E-state index contributed by atoms with van der Waals surface area (Å²) in [5.41, 5.74) is 3.96. The summed E-state index contributed by atoms with van der Waals surface area (Å²) in [6.45, 7) is 3.34. The van der Waals surface area contributed by atoms with Gasteiger partial charge in [-0.05, 0) is 55.9 Å². The fourth-order valence-electron chi connectivity index (χ4n) is 2.04. The lowest BCUT2D eigenvalue weighted by atomic mass is 10.1. The Hall–Kier alpha value is -1.87. The van der Waals surface area contributed by atoms with Crippen molar-refractivity contribution in [2.24, 2.45) is 0 Å². The molecular formula is C17H21FN2. The molecule has 0 aliphatic heterocycles. The first kappa shape index (κ1) is 14.5. The van der Waals surface area contributed by atoms with Gasteiger partial charge in [-0.1, -0.05) is 24.3 Å². The number of anilines is 1. The first-order valence-corrected chi connectivity index (χ1v) is 6.77. The van der Waals surface area contributed by atoms with Crippen molar-refractivity contribution in [1.82, 2.24) is 4.90 Å². The summed E-state index contributed by atoms with van der Waals surface area (Å²) >= 11 is 0. The molecule has 0 amide bonds. The number of hydrogen-bond acceptors (Lipinski definition) is 2. The third-order valence-electron chi connectivity index (χ3n) is 3.19. The van der Waals surface area contributed by atoms with Crippen molar-refractivity contribution in [1.29, 1.82) is 0 Å². The van der Waals surface area contributed by atoms with E-state index >= 15 is 0 Å². The van der Waals surface area contributed by atoms with E-state index in [1.165, 1.54) is 5.56 Å². The zero-order chi connectivity index (χ0) is 14.5. The molecule has 0 radical (unpaired) electrons. The Morgan fingerprint density at radius 1 is 1.00 bits per heavy atom. The summed E-state index contributed by atoms with van der Waals surface area (Å²) in [4.78, 5) is 2.14. The van der Waals surface area contributed by atoms with Gasteiger partial charge in [0.25, 0.3) is 0 Å². The maximum Gasteiger partial charge on any atom is 0.126 e. The molecule has 0 fully saturated rings. The van der Waals surface area contributed by atoms with E-state index in [-0.39, 0.29) is 5.82 Å². The molecule has 0 atom stereocenters. The summed E-state index contributed by atoms with van der Waals surface area (Å²) in [6.07, 6.45) is 0. The quantitative estimate of drug-likeness (QED) is 0.890. The van der Waals surface area contributed by atoms with E-state index in [1.54, 1.807) is 13.0 Å². The molecule has 0 spiro atoms. The van der Waals surface area contributed by atoms with Crippen LogP contribution >= 0.6 is 0 Å². The van der Waals surface area contributed by atoms with Crippen LogP contribution in [-0.4, -0.2) is 19.0 Å². The number of benzene rings is 2. The van der Waals surface area contributed by atoms with Crippen LogP contribution in [0.1, 0.15) is 16.7 Å². The van der Waals surface area contributed by atoms with Gasteiger partial charge < -0.3 is 10.2 Å². The fourth-order valence-corrected chi connectivity index (χ4v) is 2.04. The third kappa shape index (κ3) is 4.07. The van der Waals surface area contributed by atoms with E-state index in [2.05, 4.69) is 48.6 Å². The van der Waals surface area contributed by atoms with Crippen LogP contribution in [0.15, 0.2) is 42.5 Å². The minimum absolute atomic E-state index is 0.148. The summed E-state index contributed by atoms with van der Waals surface area (Å²) < 4.78 is 13.4. The minimum Gasteiger partial charge on any atom is -0.381 e. The third-order valence-corrected chi connectivity index (χ3v) is 3.19. The van der Waals surface area contributed by atoms with Crippen molar-refractivity contribution in [3.05, 3.63) is 65.0 Å². The second kappa shape index (κ2) is 6.53. The minimum atomic E-state index is -0.148. The largest absolute Gasteiger partial charge is 0.381 e. The molecule has 2 aromatic rings. The molecule has 0 unspecified atom stereocenters. The molecule has 0 aliphatic rings. The Balaban J connectivity index is 1.95. The molecule has 0 aromatic heterocycles. The summed E-state index contributed by atoms with van der Waals surface area (Å²) in [7, 11) is 4.11. The molecule has 0 heterocycles. The van der Waals surface area contributed by atoms with Crippen molar-refractivity contribution in [3.8, 4) is 0 Å². The Labute approximate surface area is 120 Å². The van der Waals surface area contributed by atoms with Gasteiger partial charge in [-0.2, -0.15) is 0 Å². The highest BCUT2D eigenvalue weighted by molar-refractivity contribution is 5.45. The van der Waals surface area contributed by atoms with Gasteiger partial charge in [0.15, 0.2) is 0 Å². The smallest absolute Gasteiger partial charge is 0.126 e. The average molecular weight is 272 g/mol. The molecule has 20 heavy (non-hydrogen) atoms. The highest BCUT2D eigenvalue weighted by Gasteiger charge is 2.00. The Morgan fingerprint density at radius 3 is 2.25 bits per heavy atom. The van der Waals surface area contributed by atoms with Crippen molar-refractivity contribution < 1.29 is 4.39 Å². The maximum atomic E-state index is 13.4. The normalized spacial score (nSPS) is 10.8. The average Bonchev–Trinajstić information content (AvgIpc) is 2.41. The number of rotatable bonds is 5. The van der Waals surface area contributed by atoms with E-state index < -0.39 is 0 Å². The van der Waals surface area contributed by atoms with E-state index in [1.807, 2.05) is 12.1 Å². The van der Waals surface area contributed by atoms with Gasteiger partial charge >= 0.3 is 0 Å². The molecule has 106 valence electrons. The second-order valence-corrected chi connectivity index (χ2v) is 5.37. The lowest BCUT2D eigenvalue weighted by Gasteiger charge is -2.11. The molecule has 0 saturated heterocycles. The lowest BCUT2D eigenvalue weighted by Crippen LogP contribution is -2.10. The monoisotopic (exact) mass is 272 g/mol. The standard InChI is InChI=1S/C17H21FN2/c1-13-4-5-15(10-17(13)18)11-19-16-8-6-14(7-9-16)12-20(2)3/h4-10,19H,11-12H2,1-3H3. The fraction of sp³-hybridized carbons (Fsp3) is 0.294. The summed E-state index contributed by atoms with van der Waals surface area (Å²) in [5, 5.41) is 3.31. The molecule has 2 rings (SSSR count). The molecule has 0 saturated carbocycles. The predicted octanol–water partition coefficient (Wildman–Crippen LogP) is 3.81. The number of nitrogens with one attached hydrogen (secondary N) is 1. The van der Waals surface area contributed by atoms with Crippen LogP contribution in [0.4, 0.5) is 10.1 Å². The SMILES string of the molecule is Cc1ccc(CNc2ccc(CN(C)C)cc2)cc1F. The number of halogens is 1. The highest BCUT2D eigenvalue weighted by atomic mass is 19.1. The van der Waals surface area contributed by atoms with Gasteiger partial charge in [-0.15, -0.1) is 0 Å². The lowest BCUT2D eigenvalue weighted by molar-refractivity contribution is 0.402. The Bertz CT molecular complexity index is 562. The van der Waals surface area contributed by atoms with E-state index in [9.17, 15) is 4.39 Å². The zero-order valence-electron chi connectivity index (χ0n) is 12.3. The second-order valence-electron chi connectivity index (χ2n) is 5.37. The van der Waals surface area contributed by atoms with Gasteiger partial charge in [0.05, 0.1) is 0 Å². The van der Waals surface area contributed by atoms with Crippen LogP contribution < -0.4 is 5.32 Å². The van der Waals surface area contributed by atoms with Gasteiger partial charge in [0.1, 0.15) is 5.82 Å². The molecule has 2 aromatic carbocycles. The summed E-state index contributed by atoms with van der Waals surface area (Å²) in [5.74, 6) is -0.148. The molecule has 0 aliphatic carbocycles. The number of aryl methyl sites for hydroxylation is 1. The number of nitrogens with zero attached hydrogens (tertiary/aromatic N) is 1. The van der Waals surface area contributed by atoms with E-state index in [4.69, 9.17) is 0 Å². The van der Waals surface area contributed by atoms with Gasteiger partial charge in [-0.25, -0.2) is 4.39 Å². The van der Waals surface area contributed by atoms with Crippen LogP contribution in [0.3, 0.4) is 0 Å². The Morgan fingerprint density at radius 2 is 1.65 bits per heavy atom. The van der Waals surface area contributed by atoms with Crippen LogP contribution in [0.5, 0.6) is 0 Å². The Kier molecular flexibility index (Phi) is 4.74. The zero-order valence-corrected chi connectivity index (χ0v) is 12.3. The van der Waals surface area contributed by atoms with Crippen LogP contribution in [0.25, 0.3) is 0 Å². The maximum absolute atomic E-state index is 13.4. The molecule has 3 heteroatoms. The topological polar surface area (TPSA) is 15.3 Å². The van der Waals surface area contributed by atoms with E-state index in [0.29, 0.717) is 12.1 Å². The van der Waals surface area contributed by atoms with Crippen LogP contribution in [-0.2, 0) is 13.1 Å². The first-order valence-electron chi connectivity index (χ1n) is 6.77. The highest BCUT2D eigenvalue weighted by Crippen LogP contribution is 2.14. The van der Waals surface area contributed by atoms with Crippen molar-refractivity contribution >= 4 is 5.69 Å². The first-order chi connectivity index (χ1) is 9.54. The van der Waals surface area contributed by atoms with Gasteiger partial charge in [0, 0.05) is 18.8 Å². The molecular weight excluding hydrogens is 251 g/mol. The summed E-state index contributed by atoms with van der Waals surface area (Å²) in [6, 6.07) is 13.7. The van der Waals surface area contributed by atoms with Crippen molar-refractivity contribution in [2.45, 2.75) is 20.0 Å².